The molecule has 0 spiro atoms. The number of rotatable bonds is 4. The molecule has 1 heterocycles. The van der Waals surface area contributed by atoms with Crippen molar-refractivity contribution >= 4 is 21.7 Å². The lowest BCUT2D eigenvalue weighted by atomic mass is 10.1. The number of amides is 1. The van der Waals surface area contributed by atoms with Crippen LogP contribution in [0.25, 0.3) is 0 Å². The van der Waals surface area contributed by atoms with Gasteiger partial charge in [-0.1, -0.05) is 0 Å². The minimum atomic E-state index is -3.62. The fraction of sp³-hybridized carbons (Fsp3) is 0.333. The maximum atomic E-state index is 12.2. The van der Waals surface area contributed by atoms with E-state index < -0.39 is 15.6 Å². The molecule has 0 aliphatic rings. The molecule has 0 unspecified atom stereocenters. The van der Waals surface area contributed by atoms with Gasteiger partial charge in [0.1, 0.15) is 0 Å². The maximum absolute atomic E-state index is 12.2. The third-order valence-corrected chi connectivity index (χ3v) is 4.59. The molecule has 8 heteroatoms. The van der Waals surface area contributed by atoms with E-state index in [9.17, 15) is 13.2 Å². The molecule has 0 fully saturated rings. The number of carbonyl (C=O) groups excluding carboxylic acids is 1. The van der Waals surface area contributed by atoms with E-state index in [0.717, 1.165) is 5.69 Å². The molecule has 1 aromatic carbocycles. The molecule has 1 aromatic heterocycles. The number of aromatic amines is 1. The first-order chi connectivity index (χ1) is 10.6. The Hall–Kier alpha value is -2.19. The molecule has 3 N–H and O–H groups in total. The average Bonchev–Trinajstić information content (AvgIpc) is 2.81. The van der Waals surface area contributed by atoms with E-state index in [1.54, 1.807) is 26.8 Å². The third kappa shape index (κ3) is 4.64. The van der Waals surface area contributed by atoms with Gasteiger partial charge in [-0.15, -0.1) is 0 Å². The van der Waals surface area contributed by atoms with Crippen LogP contribution in [-0.4, -0.2) is 30.1 Å². The van der Waals surface area contributed by atoms with Crippen molar-refractivity contribution in [3.8, 4) is 0 Å². The van der Waals surface area contributed by atoms with Gasteiger partial charge in [-0.2, -0.15) is 5.10 Å². The summed E-state index contributed by atoms with van der Waals surface area (Å²) in [6, 6.07) is 7.43. The lowest BCUT2D eigenvalue weighted by molar-refractivity contribution is 0.102. The number of carbonyl (C=O) groups is 1. The molecule has 0 saturated heterocycles. The molecular formula is C15H20N4O3S. The topological polar surface area (TPSA) is 104 Å². The van der Waals surface area contributed by atoms with Crippen LogP contribution in [0.3, 0.4) is 0 Å². The second-order valence-corrected chi connectivity index (χ2v) is 7.95. The number of nitrogens with zero attached hydrogens (tertiary/aromatic N) is 1. The Morgan fingerprint density at radius 2 is 1.78 bits per heavy atom. The Morgan fingerprint density at radius 1 is 1.17 bits per heavy atom. The van der Waals surface area contributed by atoms with Crippen LogP contribution in [0, 0.1) is 6.92 Å². The SMILES string of the molecule is Cc1cc(NC(=O)c2ccc(S(=O)(=O)NC(C)(C)C)cc2)n[nH]1. The number of hydrogen-bond acceptors (Lipinski definition) is 4. The number of anilines is 1. The van der Waals surface area contributed by atoms with Crippen molar-refractivity contribution in [1.82, 2.24) is 14.9 Å². The summed E-state index contributed by atoms with van der Waals surface area (Å²) < 4.78 is 27.0. The van der Waals surface area contributed by atoms with Crippen molar-refractivity contribution < 1.29 is 13.2 Å². The Morgan fingerprint density at radius 3 is 2.26 bits per heavy atom. The standard InChI is InChI=1S/C15H20N4O3S/c1-10-9-13(18-17-10)16-14(20)11-5-7-12(8-6-11)23(21,22)19-15(2,3)4/h5-9,19H,1-4H3,(H2,16,17,18,20). The first-order valence-electron chi connectivity index (χ1n) is 7.04. The highest BCUT2D eigenvalue weighted by Gasteiger charge is 2.22. The van der Waals surface area contributed by atoms with Crippen molar-refractivity contribution in [3.05, 3.63) is 41.6 Å². The van der Waals surface area contributed by atoms with Crippen LogP contribution in [0.4, 0.5) is 5.82 Å². The van der Waals surface area contributed by atoms with Gasteiger partial charge in [0, 0.05) is 22.9 Å². The van der Waals surface area contributed by atoms with Gasteiger partial charge >= 0.3 is 0 Å². The van der Waals surface area contributed by atoms with E-state index in [1.165, 1.54) is 24.3 Å². The fourth-order valence-corrected chi connectivity index (χ4v) is 3.34. The normalized spacial score (nSPS) is 12.2. The largest absolute Gasteiger partial charge is 0.305 e. The molecule has 2 rings (SSSR count). The summed E-state index contributed by atoms with van der Waals surface area (Å²) in [7, 11) is -3.62. The molecule has 0 bridgehead atoms. The predicted octanol–water partition coefficient (Wildman–Crippen LogP) is 2.05. The molecule has 2 aromatic rings. The number of aryl methyl sites for hydroxylation is 1. The van der Waals surface area contributed by atoms with Crippen LogP contribution in [0.5, 0.6) is 0 Å². The van der Waals surface area contributed by atoms with Crippen LogP contribution in [0.2, 0.25) is 0 Å². The van der Waals surface area contributed by atoms with Gasteiger partial charge in [-0.3, -0.25) is 9.89 Å². The van der Waals surface area contributed by atoms with Crippen molar-refractivity contribution in [3.63, 3.8) is 0 Å². The summed E-state index contributed by atoms with van der Waals surface area (Å²) in [5.74, 6) is 0.0582. The lowest BCUT2D eigenvalue weighted by Crippen LogP contribution is -2.40. The average molecular weight is 336 g/mol. The number of hydrogen-bond donors (Lipinski definition) is 3. The van der Waals surface area contributed by atoms with Crippen LogP contribution in [-0.2, 0) is 10.0 Å². The smallest absolute Gasteiger partial charge is 0.256 e. The summed E-state index contributed by atoms with van der Waals surface area (Å²) in [6.07, 6.45) is 0. The Kier molecular flexibility index (Phi) is 4.58. The molecule has 0 radical (unpaired) electrons. The second kappa shape index (κ2) is 6.13. The lowest BCUT2D eigenvalue weighted by Gasteiger charge is -2.20. The van der Waals surface area contributed by atoms with Gasteiger partial charge in [0.05, 0.1) is 4.90 Å². The van der Waals surface area contributed by atoms with Crippen molar-refractivity contribution in [2.24, 2.45) is 0 Å². The third-order valence-electron chi connectivity index (χ3n) is 2.81. The summed E-state index contributed by atoms with van der Waals surface area (Å²) in [6.45, 7) is 7.11. The van der Waals surface area contributed by atoms with Crippen molar-refractivity contribution in [1.29, 1.82) is 0 Å². The summed E-state index contributed by atoms with van der Waals surface area (Å²) >= 11 is 0. The number of aromatic nitrogens is 2. The molecule has 0 aliphatic carbocycles. The van der Waals surface area contributed by atoms with E-state index in [2.05, 4.69) is 20.2 Å². The van der Waals surface area contributed by atoms with E-state index in [0.29, 0.717) is 11.4 Å². The minimum absolute atomic E-state index is 0.111. The molecule has 0 saturated carbocycles. The molecule has 7 nitrogen and oxygen atoms in total. The van der Waals surface area contributed by atoms with E-state index in [4.69, 9.17) is 0 Å². The highest BCUT2D eigenvalue weighted by atomic mass is 32.2. The van der Waals surface area contributed by atoms with Crippen LogP contribution >= 0.6 is 0 Å². The highest BCUT2D eigenvalue weighted by molar-refractivity contribution is 7.89. The van der Waals surface area contributed by atoms with Gasteiger partial charge in [0.15, 0.2) is 5.82 Å². The van der Waals surface area contributed by atoms with Gasteiger partial charge in [0.2, 0.25) is 10.0 Å². The fourth-order valence-electron chi connectivity index (χ4n) is 1.92. The zero-order valence-electron chi connectivity index (χ0n) is 13.5. The minimum Gasteiger partial charge on any atom is -0.305 e. The number of sulfonamides is 1. The molecular weight excluding hydrogens is 316 g/mol. The highest BCUT2D eigenvalue weighted by Crippen LogP contribution is 2.15. The van der Waals surface area contributed by atoms with E-state index in [-0.39, 0.29) is 10.8 Å². The quantitative estimate of drug-likeness (QED) is 0.795. The number of nitrogens with one attached hydrogen (secondary N) is 3. The van der Waals surface area contributed by atoms with E-state index >= 15 is 0 Å². The second-order valence-electron chi connectivity index (χ2n) is 6.27. The van der Waals surface area contributed by atoms with Crippen LogP contribution in [0.1, 0.15) is 36.8 Å². The molecule has 0 atom stereocenters. The molecule has 124 valence electrons. The maximum Gasteiger partial charge on any atom is 0.256 e. The van der Waals surface area contributed by atoms with Crippen LogP contribution in [0.15, 0.2) is 35.2 Å². The van der Waals surface area contributed by atoms with Gasteiger partial charge in [0.25, 0.3) is 5.91 Å². The number of benzene rings is 1. The van der Waals surface area contributed by atoms with Gasteiger partial charge < -0.3 is 5.32 Å². The molecule has 1 amide bonds. The first-order valence-corrected chi connectivity index (χ1v) is 8.52. The summed E-state index contributed by atoms with van der Waals surface area (Å²) in [5, 5.41) is 9.27. The Labute approximate surface area is 135 Å². The zero-order chi connectivity index (χ0) is 17.3. The zero-order valence-corrected chi connectivity index (χ0v) is 14.3. The Balaban J connectivity index is 2.14. The van der Waals surface area contributed by atoms with E-state index in [1.807, 2.05) is 6.92 Å². The van der Waals surface area contributed by atoms with Gasteiger partial charge in [-0.05, 0) is 52.0 Å². The summed E-state index contributed by atoms with van der Waals surface area (Å²) in [5.41, 5.74) is 0.600. The van der Waals surface area contributed by atoms with Crippen molar-refractivity contribution in [2.75, 3.05) is 5.32 Å². The molecule has 23 heavy (non-hydrogen) atoms. The number of H-pyrrole nitrogens is 1. The van der Waals surface area contributed by atoms with Crippen LogP contribution < -0.4 is 10.0 Å². The monoisotopic (exact) mass is 336 g/mol. The molecule has 0 aliphatic heterocycles. The summed E-state index contributed by atoms with van der Waals surface area (Å²) in [4.78, 5) is 12.2. The van der Waals surface area contributed by atoms with Gasteiger partial charge in [-0.25, -0.2) is 13.1 Å². The first kappa shape index (κ1) is 17.2. The Bertz CT molecular complexity index is 802. The predicted molar refractivity (Wildman–Crippen MR) is 87.8 cm³/mol. The van der Waals surface area contributed by atoms with Crippen molar-refractivity contribution in [2.45, 2.75) is 38.1 Å².